The maximum absolute atomic E-state index is 13.5. The van der Waals surface area contributed by atoms with Gasteiger partial charge in [0.15, 0.2) is 34.8 Å². The molecular weight excluding hydrogens is 375 g/mol. The smallest absolute Gasteiger partial charge is 0.262 e. The number of fused-ring (bicyclic) bond motifs is 1. The van der Waals surface area contributed by atoms with Gasteiger partial charge in [-0.2, -0.15) is 0 Å². The second kappa shape index (κ2) is 7.52. The molecule has 1 aliphatic rings. The third-order valence-electron chi connectivity index (χ3n) is 3.51. The van der Waals surface area contributed by atoms with Crippen molar-refractivity contribution in [2.24, 2.45) is 0 Å². The molecule has 5 nitrogen and oxygen atoms in total. The van der Waals surface area contributed by atoms with Crippen molar-refractivity contribution in [1.29, 1.82) is 0 Å². The highest BCUT2D eigenvalue weighted by molar-refractivity contribution is 5.92. The Morgan fingerprint density at radius 1 is 0.889 bits per heavy atom. The Kier molecular flexibility index (Phi) is 5.15. The summed E-state index contributed by atoms with van der Waals surface area (Å²) in [6, 6.07) is 4.88. The van der Waals surface area contributed by atoms with Gasteiger partial charge in [-0.25, -0.2) is 22.0 Å². The summed E-state index contributed by atoms with van der Waals surface area (Å²) >= 11 is 0. The summed E-state index contributed by atoms with van der Waals surface area (Å²) in [6.07, 6.45) is 2.35. The number of hydrogen-bond acceptors (Lipinski definition) is 4. The fraction of sp³-hybridized carbons (Fsp3) is 0.118. The van der Waals surface area contributed by atoms with Gasteiger partial charge < -0.3 is 9.47 Å². The standard InChI is InChI=1S/C17H11F5N2O3/c18-12-13(19)15(21)17(16(22)14(12)20)24-23-11(25)4-2-8-1-3-9-10(7-8)27-6-5-26-9/h1-4,7,24H,5-6H2,(H,23,25)/b4-2+. The normalized spacial score (nSPS) is 12.9. The Morgan fingerprint density at radius 2 is 1.48 bits per heavy atom. The fourth-order valence-corrected chi connectivity index (χ4v) is 2.22. The first-order chi connectivity index (χ1) is 12.9. The van der Waals surface area contributed by atoms with Gasteiger partial charge >= 0.3 is 0 Å². The first kappa shape index (κ1) is 18.5. The van der Waals surface area contributed by atoms with Crippen LogP contribution in [-0.4, -0.2) is 19.1 Å². The Balaban J connectivity index is 1.68. The van der Waals surface area contributed by atoms with Crippen LogP contribution in [-0.2, 0) is 4.79 Å². The second-order valence-corrected chi connectivity index (χ2v) is 5.30. The van der Waals surface area contributed by atoms with Crippen molar-refractivity contribution < 1.29 is 36.2 Å². The molecule has 0 saturated heterocycles. The molecule has 0 aromatic heterocycles. The van der Waals surface area contributed by atoms with E-state index in [2.05, 4.69) is 0 Å². The lowest BCUT2D eigenvalue weighted by atomic mass is 10.2. The molecule has 2 aromatic carbocycles. The first-order valence-electron chi connectivity index (χ1n) is 7.53. The van der Waals surface area contributed by atoms with Crippen molar-refractivity contribution in [3.63, 3.8) is 0 Å². The van der Waals surface area contributed by atoms with Gasteiger partial charge in [-0.1, -0.05) is 6.07 Å². The van der Waals surface area contributed by atoms with Crippen molar-refractivity contribution in [2.75, 3.05) is 18.6 Å². The zero-order chi connectivity index (χ0) is 19.6. The molecule has 0 fully saturated rings. The van der Waals surface area contributed by atoms with Gasteiger partial charge in [-0.05, 0) is 23.8 Å². The van der Waals surface area contributed by atoms with Crippen LogP contribution >= 0.6 is 0 Å². The summed E-state index contributed by atoms with van der Waals surface area (Å²) < 4.78 is 76.8. The minimum absolute atomic E-state index is 0.381. The van der Waals surface area contributed by atoms with Crippen LogP contribution < -0.4 is 20.3 Å². The van der Waals surface area contributed by atoms with Gasteiger partial charge in [0.1, 0.15) is 18.9 Å². The highest BCUT2D eigenvalue weighted by atomic mass is 19.2. The molecule has 142 valence electrons. The van der Waals surface area contributed by atoms with Gasteiger partial charge in [0.05, 0.1) is 0 Å². The maximum atomic E-state index is 13.5. The largest absolute Gasteiger partial charge is 0.486 e. The monoisotopic (exact) mass is 386 g/mol. The molecule has 27 heavy (non-hydrogen) atoms. The fourth-order valence-electron chi connectivity index (χ4n) is 2.22. The highest BCUT2D eigenvalue weighted by Crippen LogP contribution is 2.31. The molecular formula is C17H11F5N2O3. The summed E-state index contributed by atoms with van der Waals surface area (Å²) in [5.74, 6) is -10.6. The number of hydrogen-bond donors (Lipinski definition) is 2. The molecule has 1 heterocycles. The number of halogens is 5. The van der Waals surface area contributed by atoms with Crippen LogP contribution in [0, 0.1) is 29.1 Å². The van der Waals surface area contributed by atoms with Crippen molar-refractivity contribution in [3.05, 3.63) is 58.9 Å². The van der Waals surface area contributed by atoms with Crippen molar-refractivity contribution in [2.45, 2.75) is 0 Å². The number of ether oxygens (including phenoxy) is 2. The number of nitrogens with one attached hydrogen (secondary N) is 2. The Hall–Kier alpha value is -3.30. The average molecular weight is 386 g/mol. The van der Waals surface area contributed by atoms with E-state index < -0.39 is 40.7 Å². The van der Waals surface area contributed by atoms with E-state index in [1.54, 1.807) is 23.6 Å². The van der Waals surface area contributed by atoms with Crippen LogP contribution in [0.4, 0.5) is 27.6 Å². The van der Waals surface area contributed by atoms with Crippen LogP contribution in [0.3, 0.4) is 0 Å². The summed E-state index contributed by atoms with van der Waals surface area (Å²) in [4.78, 5) is 11.7. The van der Waals surface area contributed by atoms with Gasteiger partial charge in [0.2, 0.25) is 5.82 Å². The summed E-state index contributed by atoms with van der Waals surface area (Å²) in [6.45, 7) is 0.806. The minimum atomic E-state index is -2.29. The van der Waals surface area contributed by atoms with E-state index >= 15 is 0 Å². The lowest BCUT2D eigenvalue weighted by molar-refractivity contribution is -0.116. The van der Waals surface area contributed by atoms with Crippen molar-refractivity contribution >= 4 is 17.7 Å². The van der Waals surface area contributed by atoms with Crippen LogP contribution in [0.15, 0.2) is 24.3 Å². The van der Waals surface area contributed by atoms with E-state index in [1.807, 2.05) is 5.43 Å². The molecule has 0 aliphatic carbocycles. The predicted octanol–water partition coefficient (Wildman–Crippen LogP) is 3.31. The van der Waals surface area contributed by atoms with Gasteiger partial charge in [0.25, 0.3) is 5.91 Å². The number of carbonyl (C=O) groups is 1. The number of benzene rings is 2. The molecule has 0 bridgehead atoms. The molecule has 0 saturated carbocycles. The number of carbonyl (C=O) groups excluding carboxylic acids is 1. The molecule has 0 radical (unpaired) electrons. The highest BCUT2D eigenvalue weighted by Gasteiger charge is 2.25. The Labute approximate surface area is 149 Å². The SMILES string of the molecule is O=C(/C=C/c1ccc2c(c1)OCCO2)NNc1c(F)c(F)c(F)c(F)c1F. The van der Waals surface area contributed by atoms with Crippen molar-refractivity contribution in [3.8, 4) is 11.5 Å². The van der Waals surface area contributed by atoms with E-state index in [-0.39, 0.29) is 0 Å². The van der Waals surface area contributed by atoms with E-state index in [0.29, 0.717) is 30.3 Å². The van der Waals surface area contributed by atoms with Gasteiger partial charge in [-0.3, -0.25) is 15.6 Å². The molecule has 0 unspecified atom stereocenters. The first-order valence-corrected chi connectivity index (χ1v) is 7.53. The maximum Gasteiger partial charge on any atom is 0.262 e. The zero-order valence-corrected chi connectivity index (χ0v) is 13.4. The second-order valence-electron chi connectivity index (χ2n) is 5.30. The van der Waals surface area contributed by atoms with Crippen LogP contribution in [0.25, 0.3) is 6.08 Å². The number of hydrazine groups is 1. The lowest BCUT2D eigenvalue weighted by Crippen LogP contribution is -2.29. The molecule has 0 atom stereocenters. The molecule has 10 heteroatoms. The minimum Gasteiger partial charge on any atom is -0.486 e. The van der Waals surface area contributed by atoms with Crippen LogP contribution in [0.5, 0.6) is 11.5 Å². The Bertz CT molecular complexity index is 904. The summed E-state index contributed by atoms with van der Waals surface area (Å²) in [5, 5.41) is 0. The number of anilines is 1. The molecule has 2 N–H and O–H groups in total. The zero-order valence-electron chi connectivity index (χ0n) is 13.4. The third-order valence-corrected chi connectivity index (χ3v) is 3.51. The van der Waals surface area contributed by atoms with Crippen molar-refractivity contribution in [1.82, 2.24) is 5.43 Å². The predicted molar refractivity (Wildman–Crippen MR) is 84.5 cm³/mol. The number of amides is 1. The van der Waals surface area contributed by atoms with Crippen LogP contribution in [0.1, 0.15) is 5.56 Å². The molecule has 1 aliphatic heterocycles. The van der Waals surface area contributed by atoms with E-state index in [0.717, 1.165) is 6.08 Å². The quantitative estimate of drug-likeness (QED) is 0.278. The third kappa shape index (κ3) is 3.78. The van der Waals surface area contributed by atoms with E-state index in [4.69, 9.17) is 9.47 Å². The molecule has 2 aromatic rings. The topological polar surface area (TPSA) is 59.6 Å². The Morgan fingerprint density at radius 3 is 2.15 bits per heavy atom. The van der Waals surface area contributed by atoms with Gasteiger partial charge in [0, 0.05) is 6.08 Å². The summed E-state index contributed by atoms with van der Waals surface area (Å²) in [5.41, 5.74) is 2.70. The van der Waals surface area contributed by atoms with Gasteiger partial charge in [-0.15, -0.1) is 0 Å². The molecule has 0 spiro atoms. The molecule has 1 amide bonds. The lowest BCUT2D eigenvalue weighted by Gasteiger charge is -2.18. The average Bonchev–Trinajstić information content (AvgIpc) is 2.69. The molecule has 3 rings (SSSR count). The summed E-state index contributed by atoms with van der Waals surface area (Å²) in [7, 11) is 0. The van der Waals surface area contributed by atoms with E-state index in [9.17, 15) is 26.7 Å². The van der Waals surface area contributed by atoms with Crippen LogP contribution in [0.2, 0.25) is 0 Å². The number of rotatable bonds is 4. The van der Waals surface area contributed by atoms with E-state index in [1.165, 1.54) is 6.08 Å².